The first-order chi connectivity index (χ1) is 18.4. The Balaban J connectivity index is 0.000000360. The fourth-order valence-corrected chi connectivity index (χ4v) is 4.93. The van der Waals surface area contributed by atoms with E-state index in [1.165, 1.54) is 23.8 Å². The number of halogens is 2. The monoisotopic (exact) mass is 557 g/mol. The van der Waals surface area contributed by atoms with Crippen LogP contribution in [0.1, 0.15) is 24.8 Å². The van der Waals surface area contributed by atoms with Crippen LogP contribution in [-0.4, -0.2) is 60.4 Å². The fraction of sp³-hybridized carbons (Fsp3) is 0.345. The molecule has 38 heavy (non-hydrogen) atoms. The Morgan fingerprint density at radius 3 is 2.32 bits per heavy atom. The molecule has 0 radical (unpaired) electrons. The normalized spacial score (nSPS) is 15.2. The lowest BCUT2D eigenvalue weighted by Gasteiger charge is -2.36. The Morgan fingerprint density at radius 2 is 1.61 bits per heavy atom. The zero-order chi connectivity index (χ0) is 26.9. The van der Waals surface area contributed by atoms with Crippen LogP contribution in [0.3, 0.4) is 0 Å². The van der Waals surface area contributed by atoms with Crippen molar-refractivity contribution in [2.45, 2.75) is 25.7 Å². The smallest absolute Gasteiger partial charge is 0.224 e. The summed E-state index contributed by atoms with van der Waals surface area (Å²) in [4.78, 5) is 16.3. The number of benzene rings is 3. The van der Waals surface area contributed by atoms with Gasteiger partial charge in [0.15, 0.2) is 0 Å². The molecule has 1 saturated heterocycles. The number of nitrogens with one attached hydrogen (secondary N) is 1. The average molecular weight is 559 g/mol. The number of aryl methyl sites for hydroxylation is 1. The summed E-state index contributed by atoms with van der Waals surface area (Å²) in [6.45, 7) is 5.71. The maximum absolute atomic E-state index is 11.5. The molecule has 0 bridgehead atoms. The van der Waals surface area contributed by atoms with Crippen LogP contribution in [0.25, 0.3) is 0 Å². The molecule has 0 aromatic heterocycles. The first-order valence-corrected chi connectivity index (χ1v) is 13.6. The molecular formula is C29H33Cl2N3O4. The molecule has 5 rings (SSSR count). The summed E-state index contributed by atoms with van der Waals surface area (Å²) in [5, 5.41) is 21.5. The summed E-state index contributed by atoms with van der Waals surface area (Å²) in [5.41, 5.74) is 3.10. The van der Waals surface area contributed by atoms with Crippen LogP contribution < -0.4 is 15.0 Å². The van der Waals surface area contributed by atoms with Gasteiger partial charge in [-0.3, -0.25) is 9.69 Å². The van der Waals surface area contributed by atoms with Crippen molar-refractivity contribution in [2.75, 3.05) is 49.5 Å². The summed E-state index contributed by atoms with van der Waals surface area (Å²) in [6.07, 6.45) is 3.47. The van der Waals surface area contributed by atoms with Gasteiger partial charge in [0.05, 0.1) is 22.3 Å². The number of fused-ring (bicyclic) bond motifs is 1. The van der Waals surface area contributed by atoms with E-state index >= 15 is 0 Å². The average Bonchev–Trinajstić information content (AvgIpc) is 2.90. The maximum Gasteiger partial charge on any atom is 0.224 e. The number of amides is 1. The van der Waals surface area contributed by atoms with Crippen molar-refractivity contribution in [1.82, 2.24) is 4.90 Å². The Morgan fingerprint density at radius 1 is 0.868 bits per heavy atom. The quantitative estimate of drug-likeness (QED) is 0.311. The number of hydrogen-bond donors (Lipinski definition) is 3. The van der Waals surface area contributed by atoms with E-state index < -0.39 is 0 Å². The predicted octanol–water partition coefficient (Wildman–Crippen LogP) is 5.96. The Labute approximate surface area is 233 Å². The van der Waals surface area contributed by atoms with Crippen LogP contribution in [0.4, 0.5) is 11.4 Å². The van der Waals surface area contributed by atoms with E-state index in [9.17, 15) is 4.79 Å². The molecule has 3 aromatic rings. The van der Waals surface area contributed by atoms with E-state index in [2.05, 4.69) is 21.2 Å². The molecule has 0 aliphatic carbocycles. The van der Waals surface area contributed by atoms with Crippen LogP contribution in [0, 0.1) is 0 Å². The Bertz CT molecular complexity index is 1210. The van der Waals surface area contributed by atoms with Gasteiger partial charge in [-0.1, -0.05) is 41.4 Å². The molecule has 0 atom stereocenters. The van der Waals surface area contributed by atoms with Crippen molar-refractivity contribution in [1.29, 1.82) is 0 Å². The summed E-state index contributed by atoms with van der Waals surface area (Å²) in [6, 6.07) is 17.6. The highest BCUT2D eigenvalue weighted by Gasteiger charge is 2.19. The summed E-state index contributed by atoms with van der Waals surface area (Å²) in [7, 11) is 0. The second kappa shape index (κ2) is 13.6. The van der Waals surface area contributed by atoms with Crippen molar-refractivity contribution >= 4 is 40.5 Å². The molecule has 2 aliphatic rings. The number of nitrogens with zero attached hydrogens (tertiary/aromatic N) is 2. The van der Waals surface area contributed by atoms with Gasteiger partial charge in [-0.2, -0.15) is 0 Å². The molecule has 9 heteroatoms. The maximum atomic E-state index is 11.5. The Kier molecular flexibility index (Phi) is 9.98. The van der Waals surface area contributed by atoms with E-state index in [0.29, 0.717) is 23.1 Å². The molecule has 7 nitrogen and oxygen atoms in total. The standard InChI is InChI=1S/C23H27Cl2N3O2.C6H6O2/c24-19-4-3-5-21(23(19)25)28-13-11-27(12-14-28)10-1-2-15-30-18-8-6-17-7-9-22(29)26-20(17)16-18;7-5-2-1-3-6(8)4-5/h3-6,8,16H,1-2,7,9-15H2,(H,26,29);1-4,7-8H. The molecule has 2 aliphatic heterocycles. The van der Waals surface area contributed by atoms with E-state index in [-0.39, 0.29) is 17.4 Å². The molecule has 1 amide bonds. The number of aromatic hydroxyl groups is 2. The molecule has 3 N–H and O–H groups in total. The van der Waals surface area contributed by atoms with Gasteiger partial charge in [0.1, 0.15) is 17.2 Å². The van der Waals surface area contributed by atoms with Gasteiger partial charge in [0.2, 0.25) is 5.91 Å². The number of hydrogen-bond acceptors (Lipinski definition) is 6. The zero-order valence-corrected chi connectivity index (χ0v) is 22.7. The van der Waals surface area contributed by atoms with Gasteiger partial charge < -0.3 is 25.2 Å². The van der Waals surface area contributed by atoms with E-state index in [0.717, 1.165) is 69.1 Å². The van der Waals surface area contributed by atoms with Crippen LogP contribution in [0.5, 0.6) is 17.2 Å². The third kappa shape index (κ3) is 7.93. The van der Waals surface area contributed by atoms with E-state index in [1.54, 1.807) is 6.07 Å². The van der Waals surface area contributed by atoms with Crippen LogP contribution in [0.15, 0.2) is 60.7 Å². The van der Waals surface area contributed by atoms with Crippen molar-refractivity contribution in [3.8, 4) is 17.2 Å². The topological polar surface area (TPSA) is 85.3 Å². The number of anilines is 2. The predicted molar refractivity (Wildman–Crippen MR) is 153 cm³/mol. The van der Waals surface area contributed by atoms with Crippen LogP contribution >= 0.6 is 23.2 Å². The molecule has 0 unspecified atom stereocenters. The molecule has 202 valence electrons. The number of rotatable bonds is 7. The summed E-state index contributed by atoms with van der Waals surface area (Å²) < 4.78 is 5.89. The summed E-state index contributed by atoms with van der Waals surface area (Å²) in [5.74, 6) is 1.08. The number of carbonyl (C=O) groups is 1. The minimum absolute atomic E-state index is 0.0809. The third-order valence-corrected chi connectivity index (χ3v) is 7.40. The van der Waals surface area contributed by atoms with Gasteiger partial charge >= 0.3 is 0 Å². The second-order valence-electron chi connectivity index (χ2n) is 9.34. The van der Waals surface area contributed by atoms with Crippen molar-refractivity contribution in [3.05, 3.63) is 76.3 Å². The highest BCUT2D eigenvalue weighted by molar-refractivity contribution is 6.43. The SMILES string of the molecule is O=C1CCc2ccc(OCCCCN3CCN(c4cccc(Cl)c4Cl)CC3)cc2N1.Oc1cccc(O)c1. The summed E-state index contributed by atoms with van der Waals surface area (Å²) >= 11 is 12.5. The number of ether oxygens (including phenoxy) is 1. The van der Waals surface area contributed by atoms with Gasteiger partial charge in [0, 0.05) is 50.4 Å². The molecule has 0 spiro atoms. The third-order valence-electron chi connectivity index (χ3n) is 6.59. The number of unbranched alkanes of at least 4 members (excludes halogenated alkanes) is 1. The molecule has 0 saturated carbocycles. The fourth-order valence-electron chi connectivity index (χ4n) is 4.51. The largest absolute Gasteiger partial charge is 0.508 e. The van der Waals surface area contributed by atoms with Crippen molar-refractivity contribution < 1.29 is 19.7 Å². The van der Waals surface area contributed by atoms with E-state index in [4.69, 9.17) is 38.2 Å². The lowest BCUT2D eigenvalue weighted by Crippen LogP contribution is -2.46. The van der Waals surface area contributed by atoms with Crippen LogP contribution in [-0.2, 0) is 11.2 Å². The lowest BCUT2D eigenvalue weighted by molar-refractivity contribution is -0.116. The second-order valence-corrected chi connectivity index (χ2v) is 10.1. The first kappa shape index (κ1) is 27.9. The van der Waals surface area contributed by atoms with Gasteiger partial charge in [-0.15, -0.1) is 0 Å². The Hall–Kier alpha value is -3.13. The minimum Gasteiger partial charge on any atom is -0.508 e. The lowest BCUT2D eigenvalue weighted by atomic mass is 10.0. The zero-order valence-electron chi connectivity index (χ0n) is 21.2. The number of carbonyl (C=O) groups excluding carboxylic acids is 1. The number of phenolic OH excluding ortho intramolecular Hbond substituents is 2. The number of piperazine rings is 1. The molecule has 1 fully saturated rings. The molecule has 3 aromatic carbocycles. The highest BCUT2D eigenvalue weighted by atomic mass is 35.5. The van der Waals surface area contributed by atoms with E-state index in [1.807, 2.05) is 30.3 Å². The van der Waals surface area contributed by atoms with Gasteiger partial charge in [-0.05, 0) is 61.7 Å². The molecule has 2 heterocycles. The van der Waals surface area contributed by atoms with Crippen LogP contribution in [0.2, 0.25) is 10.0 Å². The van der Waals surface area contributed by atoms with Gasteiger partial charge in [0.25, 0.3) is 0 Å². The minimum atomic E-state index is 0.0809. The van der Waals surface area contributed by atoms with Gasteiger partial charge in [-0.25, -0.2) is 0 Å². The van der Waals surface area contributed by atoms with Crippen molar-refractivity contribution in [2.24, 2.45) is 0 Å². The highest BCUT2D eigenvalue weighted by Crippen LogP contribution is 2.33. The number of phenols is 2. The first-order valence-electron chi connectivity index (χ1n) is 12.8. The molecular weight excluding hydrogens is 525 g/mol. The van der Waals surface area contributed by atoms with Crippen molar-refractivity contribution in [3.63, 3.8) is 0 Å².